The number of hydrogen-bond donors (Lipinski definition) is 2. The zero-order valence-electron chi connectivity index (χ0n) is 12.6. The van der Waals surface area contributed by atoms with Crippen LogP contribution in [0.1, 0.15) is 5.56 Å². The fourth-order valence-electron chi connectivity index (χ4n) is 2.25. The lowest BCUT2D eigenvalue weighted by atomic mass is 10.2. The molecular weight excluding hydrogens is 392 g/mol. The number of carbonyl (C=O) groups excluding carboxylic acids is 1. The van der Waals surface area contributed by atoms with Crippen LogP contribution in [0.15, 0.2) is 51.8 Å². The Balaban J connectivity index is 1.92. The number of phenols is 1. The van der Waals surface area contributed by atoms with E-state index in [2.05, 4.69) is 15.9 Å². The van der Waals surface area contributed by atoms with Crippen LogP contribution < -0.4 is 9.64 Å². The van der Waals surface area contributed by atoms with E-state index in [4.69, 9.17) is 10.1 Å². The summed E-state index contributed by atoms with van der Waals surface area (Å²) in [6.45, 7) is 0. The molecule has 0 unspecified atom stereocenters. The number of carbonyl (C=O) groups is 1. The van der Waals surface area contributed by atoms with Gasteiger partial charge < -0.3 is 9.84 Å². The molecule has 0 saturated carbocycles. The van der Waals surface area contributed by atoms with E-state index in [1.54, 1.807) is 30.3 Å². The highest BCUT2D eigenvalue weighted by Gasteiger charge is 2.33. The summed E-state index contributed by atoms with van der Waals surface area (Å²) in [5.74, 6) is 0.119. The van der Waals surface area contributed by atoms with Crippen molar-refractivity contribution < 1.29 is 14.6 Å². The van der Waals surface area contributed by atoms with Gasteiger partial charge in [-0.1, -0.05) is 22.0 Å². The molecule has 1 aliphatic rings. The predicted octanol–water partition coefficient (Wildman–Crippen LogP) is 4.22. The molecule has 2 N–H and O–H groups in total. The maximum Gasteiger partial charge on any atom is 0.271 e. The van der Waals surface area contributed by atoms with Crippen molar-refractivity contribution in [1.82, 2.24) is 0 Å². The topological polar surface area (TPSA) is 73.6 Å². The maximum absolute atomic E-state index is 12.6. The van der Waals surface area contributed by atoms with Gasteiger partial charge in [-0.25, -0.2) is 0 Å². The average molecular weight is 405 g/mol. The lowest BCUT2D eigenvalue weighted by molar-refractivity contribution is -0.113. The summed E-state index contributed by atoms with van der Waals surface area (Å²) in [6.07, 6.45) is 1.68. The third kappa shape index (κ3) is 3.18. The predicted molar refractivity (Wildman–Crippen MR) is 99.6 cm³/mol. The molecular formula is C17H13BrN2O3S. The van der Waals surface area contributed by atoms with Crippen LogP contribution in [0.5, 0.6) is 11.5 Å². The van der Waals surface area contributed by atoms with E-state index in [-0.39, 0.29) is 16.8 Å². The monoisotopic (exact) mass is 404 g/mol. The van der Waals surface area contributed by atoms with Crippen LogP contribution in [0, 0.1) is 5.41 Å². The molecule has 2 aromatic rings. The largest absolute Gasteiger partial charge is 0.504 e. The Hall–Kier alpha value is -2.25. The minimum Gasteiger partial charge on any atom is -0.504 e. The smallest absolute Gasteiger partial charge is 0.271 e. The van der Waals surface area contributed by atoms with Gasteiger partial charge in [0.15, 0.2) is 16.7 Å². The molecule has 0 aliphatic carbocycles. The van der Waals surface area contributed by atoms with Gasteiger partial charge in [-0.2, -0.15) is 0 Å². The second-order valence-electron chi connectivity index (χ2n) is 4.96. The Kier molecular flexibility index (Phi) is 4.64. The third-order valence-electron chi connectivity index (χ3n) is 3.41. The number of hydrogen-bond acceptors (Lipinski definition) is 5. The van der Waals surface area contributed by atoms with Crippen LogP contribution in [0.3, 0.4) is 0 Å². The molecule has 1 saturated heterocycles. The molecule has 1 amide bonds. The van der Waals surface area contributed by atoms with Gasteiger partial charge in [-0.3, -0.25) is 15.1 Å². The van der Waals surface area contributed by atoms with Gasteiger partial charge >= 0.3 is 0 Å². The summed E-state index contributed by atoms with van der Waals surface area (Å²) in [6, 6.07) is 12.0. The number of halogens is 1. The molecule has 5 nitrogen and oxygen atoms in total. The van der Waals surface area contributed by atoms with Crippen molar-refractivity contribution in [2.24, 2.45) is 0 Å². The average Bonchev–Trinajstić information content (AvgIpc) is 2.84. The Labute approximate surface area is 151 Å². The van der Waals surface area contributed by atoms with Crippen molar-refractivity contribution in [3.05, 3.63) is 57.4 Å². The van der Waals surface area contributed by atoms with Crippen LogP contribution in [-0.4, -0.2) is 23.3 Å². The number of phenolic OH excluding ortho intramolecular Hbond substituents is 1. The fourth-order valence-corrected chi connectivity index (χ4v) is 3.37. The quantitative estimate of drug-likeness (QED) is 0.750. The van der Waals surface area contributed by atoms with E-state index in [0.29, 0.717) is 21.9 Å². The molecule has 0 aromatic heterocycles. The number of nitrogens with one attached hydrogen (secondary N) is 1. The molecule has 24 heavy (non-hydrogen) atoms. The van der Waals surface area contributed by atoms with Crippen molar-refractivity contribution in [2.75, 3.05) is 12.0 Å². The van der Waals surface area contributed by atoms with Crippen LogP contribution >= 0.6 is 27.7 Å². The number of nitrogens with zero attached hydrogens (tertiary/aromatic N) is 1. The molecule has 0 atom stereocenters. The third-order valence-corrected chi connectivity index (χ3v) is 4.83. The Morgan fingerprint density at radius 2 is 1.96 bits per heavy atom. The molecule has 3 rings (SSSR count). The van der Waals surface area contributed by atoms with Crippen molar-refractivity contribution >= 4 is 50.5 Å². The van der Waals surface area contributed by atoms with Crippen LogP contribution in [0.4, 0.5) is 5.69 Å². The molecule has 2 aromatic carbocycles. The number of methoxy groups -OCH3 is 1. The van der Waals surface area contributed by atoms with Gasteiger partial charge in [-0.15, -0.1) is 0 Å². The van der Waals surface area contributed by atoms with Gasteiger partial charge in [-0.05, 0) is 59.8 Å². The molecule has 1 aliphatic heterocycles. The van der Waals surface area contributed by atoms with E-state index in [1.165, 1.54) is 18.1 Å². The van der Waals surface area contributed by atoms with E-state index < -0.39 is 0 Å². The Morgan fingerprint density at radius 3 is 2.62 bits per heavy atom. The molecule has 0 radical (unpaired) electrons. The number of benzene rings is 2. The first-order valence-corrected chi connectivity index (χ1v) is 8.55. The number of amides is 1. The number of ether oxygens (including phenoxy) is 1. The Bertz CT molecular complexity index is 849. The van der Waals surface area contributed by atoms with Gasteiger partial charge in [0.05, 0.1) is 17.7 Å². The molecule has 122 valence electrons. The summed E-state index contributed by atoms with van der Waals surface area (Å²) < 4.78 is 5.98. The highest BCUT2D eigenvalue weighted by molar-refractivity contribution is 9.10. The zero-order valence-corrected chi connectivity index (χ0v) is 15.0. The van der Waals surface area contributed by atoms with Crippen LogP contribution in [0.2, 0.25) is 0 Å². The van der Waals surface area contributed by atoms with Gasteiger partial charge in [0, 0.05) is 4.47 Å². The van der Waals surface area contributed by atoms with E-state index >= 15 is 0 Å². The number of aromatic hydroxyl groups is 1. The fraction of sp³-hybridized carbons (Fsp3) is 0.0588. The summed E-state index contributed by atoms with van der Waals surface area (Å²) in [7, 11) is 1.46. The lowest BCUT2D eigenvalue weighted by Crippen LogP contribution is -2.27. The molecule has 7 heteroatoms. The summed E-state index contributed by atoms with van der Waals surface area (Å²) in [4.78, 5) is 14.4. The number of anilines is 1. The molecule has 0 spiro atoms. The number of amidine groups is 1. The van der Waals surface area contributed by atoms with E-state index in [9.17, 15) is 9.90 Å². The second kappa shape index (κ2) is 6.70. The van der Waals surface area contributed by atoms with Crippen LogP contribution in [-0.2, 0) is 4.79 Å². The highest BCUT2D eigenvalue weighted by atomic mass is 79.9. The summed E-state index contributed by atoms with van der Waals surface area (Å²) in [5.41, 5.74) is 1.36. The second-order valence-corrected chi connectivity index (χ2v) is 6.91. The molecule has 1 heterocycles. The molecule has 1 fully saturated rings. The maximum atomic E-state index is 12.6. The van der Waals surface area contributed by atoms with Gasteiger partial charge in [0.25, 0.3) is 5.91 Å². The SMILES string of the molecule is COc1cc(C=C2SC(=N)N(c3ccc(Br)cc3)C2=O)ccc1O. The van der Waals surface area contributed by atoms with Gasteiger partial charge in [0.1, 0.15) is 0 Å². The van der Waals surface area contributed by atoms with E-state index in [0.717, 1.165) is 16.2 Å². The summed E-state index contributed by atoms with van der Waals surface area (Å²) >= 11 is 4.45. The minimum absolute atomic E-state index is 0.0364. The highest BCUT2D eigenvalue weighted by Crippen LogP contribution is 2.36. The standard InChI is InChI=1S/C17H13BrN2O3S/c1-23-14-8-10(2-7-13(14)21)9-15-16(22)20(17(19)24-15)12-5-3-11(18)4-6-12/h2-9,19,21H,1H3. The first-order chi connectivity index (χ1) is 11.5. The lowest BCUT2D eigenvalue weighted by Gasteiger charge is -2.14. The van der Waals surface area contributed by atoms with E-state index in [1.807, 2.05) is 12.1 Å². The normalized spacial score (nSPS) is 16.1. The molecule has 0 bridgehead atoms. The summed E-state index contributed by atoms with van der Waals surface area (Å²) in [5, 5.41) is 17.9. The Morgan fingerprint density at radius 1 is 1.25 bits per heavy atom. The van der Waals surface area contributed by atoms with Crippen molar-refractivity contribution in [2.45, 2.75) is 0 Å². The van der Waals surface area contributed by atoms with Crippen molar-refractivity contribution in [3.63, 3.8) is 0 Å². The first kappa shape index (κ1) is 16.6. The number of thioether (sulfide) groups is 1. The number of rotatable bonds is 3. The minimum atomic E-state index is -0.251. The first-order valence-electron chi connectivity index (χ1n) is 6.94. The zero-order chi connectivity index (χ0) is 17.3. The van der Waals surface area contributed by atoms with Gasteiger partial charge in [0.2, 0.25) is 0 Å². The van der Waals surface area contributed by atoms with Crippen molar-refractivity contribution in [1.29, 1.82) is 5.41 Å². The van der Waals surface area contributed by atoms with Crippen molar-refractivity contribution in [3.8, 4) is 11.5 Å². The van der Waals surface area contributed by atoms with Crippen LogP contribution in [0.25, 0.3) is 6.08 Å².